The third-order valence-electron chi connectivity index (χ3n) is 5.66. The molecular weight excluding hydrogens is 481 g/mol. The molecule has 2 aliphatic heterocycles. The van der Waals surface area contributed by atoms with E-state index in [2.05, 4.69) is 15.4 Å². The second-order valence-electron chi connectivity index (χ2n) is 7.98. The summed E-state index contributed by atoms with van der Waals surface area (Å²) in [6.07, 6.45) is -2.89. The van der Waals surface area contributed by atoms with Crippen molar-refractivity contribution in [1.29, 1.82) is 0 Å². The lowest BCUT2D eigenvalue weighted by Crippen LogP contribution is -2.60. The number of halogens is 4. The molecule has 3 atom stereocenters. The van der Waals surface area contributed by atoms with Crippen molar-refractivity contribution in [2.24, 2.45) is 5.92 Å². The lowest BCUT2D eigenvalue weighted by molar-refractivity contribution is -0.216. The van der Waals surface area contributed by atoms with Gasteiger partial charge >= 0.3 is 6.18 Å². The van der Waals surface area contributed by atoms with Gasteiger partial charge in [0.1, 0.15) is 0 Å². The molecule has 14 heteroatoms. The first kappa shape index (κ1) is 26.4. The lowest BCUT2D eigenvalue weighted by atomic mass is 9.99. The molecule has 2 amide bonds. The molecule has 34 heavy (non-hydrogen) atoms. The van der Waals surface area contributed by atoms with Crippen molar-refractivity contribution >= 4 is 29.4 Å². The number of hydrazine groups is 1. The van der Waals surface area contributed by atoms with Crippen LogP contribution in [-0.2, 0) is 19.1 Å². The van der Waals surface area contributed by atoms with Crippen LogP contribution < -0.4 is 15.8 Å². The predicted octanol–water partition coefficient (Wildman–Crippen LogP) is 1.16. The number of alkyl halides is 3. The van der Waals surface area contributed by atoms with E-state index < -0.39 is 30.2 Å². The van der Waals surface area contributed by atoms with Crippen LogP contribution in [0.15, 0.2) is 12.4 Å². The van der Waals surface area contributed by atoms with E-state index in [1.807, 2.05) is 10.3 Å². The highest BCUT2D eigenvalue weighted by molar-refractivity contribution is 6.30. The molecule has 2 fully saturated rings. The summed E-state index contributed by atoms with van der Waals surface area (Å²) >= 11 is 5.81. The minimum atomic E-state index is -4.71. The fourth-order valence-electron chi connectivity index (χ4n) is 3.73. The molecule has 10 nitrogen and oxygen atoms in total. The summed E-state index contributed by atoms with van der Waals surface area (Å²) < 4.78 is 50.7. The van der Waals surface area contributed by atoms with Crippen LogP contribution in [0.2, 0.25) is 5.02 Å². The number of nitrogens with zero attached hydrogens (tertiary/aromatic N) is 4. The van der Waals surface area contributed by atoms with Gasteiger partial charge in [-0.25, -0.2) is 15.4 Å². The Morgan fingerprint density at radius 3 is 2.56 bits per heavy atom. The van der Waals surface area contributed by atoms with Crippen molar-refractivity contribution in [2.45, 2.75) is 38.1 Å². The fraction of sp³-hybridized carbons (Fsp3) is 0.700. The van der Waals surface area contributed by atoms with E-state index in [0.717, 1.165) is 0 Å². The number of nitrogens with one attached hydrogen (secondary N) is 2. The van der Waals surface area contributed by atoms with Gasteiger partial charge in [-0.3, -0.25) is 15.0 Å². The Bertz CT molecular complexity index is 824. The van der Waals surface area contributed by atoms with E-state index in [1.54, 1.807) is 11.8 Å². The SMILES string of the molecule is CC[C@H](COC1CNNC(=O)C1C(F)(F)F)OCCC(=O)N1CCN(c2ncc(Cl)cn2)CC1. The van der Waals surface area contributed by atoms with Crippen LogP contribution in [0, 0.1) is 5.92 Å². The summed E-state index contributed by atoms with van der Waals surface area (Å²) in [5.41, 5.74) is 4.39. The lowest BCUT2D eigenvalue weighted by Gasteiger charge is -2.35. The van der Waals surface area contributed by atoms with Crippen LogP contribution >= 0.6 is 11.6 Å². The molecule has 2 N–H and O–H groups in total. The molecule has 3 heterocycles. The topological polar surface area (TPSA) is 109 Å². The van der Waals surface area contributed by atoms with Crippen molar-refractivity contribution < 1.29 is 32.2 Å². The summed E-state index contributed by atoms with van der Waals surface area (Å²) in [5.74, 6) is -2.93. The summed E-state index contributed by atoms with van der Waals surface area (Å²) in [6.45, 7) is 3.84. The van der Waals surface area contributed by atoms with Crippen LogP contribution in [-0.4, -0.2) is 91.0 Å². The third-order valence-corrected chi connectivity index (χ3v) is 5.86. The van der Waals surface area contributed by atoms with Crippen molar-refractivity contribution in [3.63, 3.8) is 0 Å². The van der Waals surface area contributed by atoms with Gasteiger partial charge in [0.2, 0.25) is 17.8 Å². The first-order chi connectivity index (χ1) is 16.2. The maximum absolute atomic E-state index is 13.2. The normalized spacial score (nSPS) is 22.4. The van der Waals surface area contributed by atoms with Gasteiger partial charge in [-0.2, -0.15) is 13.2 Å². The summed E-state index contributed by atoms with van der Waals surface area (Å²) in [4.78, 5) is 36.2. The van der Waals surface area contributed by atoms with Gasteiger partial charge in [0.25, 0.3) is 0 Å². The average molecular weight is 509 g/mol. The number of ether oxygens (including phenoxy) is 2. The highest BCUT2D eigenvalue weighted by Gasteiger charge is 2.52. The molecule has 0 spiro atoms. The largest absolute Gasteiger partial charge is 0.403 e. The fourth-order valence-corrected chi connectivity index (χ4v) is 3.83. The molecule has 2 unspecified atom stereocenters. The quantitative estimate of drug-likeness (QED) is 0.511. The Kier molecular flexibility index (Phi) is 9.28. The minimum Gasteiger partial charge on any atom is -0.375 e. The monoisotopic (exact) mass is 508 g/mol. The number of hydrogen-bond donors (Lipinski definition) is 2. The van der Waals surface area contributed by atoms with Gasteiger partial charge in [0.05, 0.1) is 49.3 Å². The first-order valence-electron chi connectivity index (χ1n) is 11.0. The molecule has 1 aromatic heterocycles. The molecule has 190 valence electrons. The van der Waals surface area contributed by atoms with E-state index in [-0.39, 0.29) is 32.1 Å². The number of carbonyl (C=O) groups excluding carboxylic acids is 2. The zero-order valence-electron chi connectivity index (χ0n) is 18.7. The maximum atomic E-state index is 13.2. The average Bonchev–Trinajstić information content (AvgIpc) is 2.81. The second kappa shape index (κ2) is 12.0. The zero-order valence-corrected chi connectivity index (χ0v) is 19.4. The molecule has 0 radical (unpaired) electrons. The number of rotatable bonds is 9. The van der Waals surface area contributed by atoms with Crippen LogP contribution in [0.1, 0.15) is 19.8 Å². The molecule has 0 aromatic carbocycles. The smallest absolute Gasteiger partial charge is 0.375 e. The zero-order chi connectivity index (χ0) is 24.7. The highest BCUT2D eigenvalue weighted by atomic mass is 35.5. The van der Waals surface area contributed by atoms with Crippen LogP contribution in [0.4, 0.5) is 19.1 Å². The predicted molar refractivity (Wildman–Crippen MR) is 116 cm³/mol. The van der Waals surface area contributed by atoms with E-state index in [1.165, 1.54) is 12.4 Å². The summed E-state index contributed by atoms with van der Waals surface area (Å²) in [7, 11) is 0. The Labute approximate surface area is 200 Å². The van der Waals surface area contributed by atoms with E-state index >= 15 is 0 Å². The summed E-state index contributed by atoms with van der Waals surface area (Å²) in [6, 6.07) is 0. The van der Waals surface area contributed by atoms with Crippen molar-refractivity contribution in [3.8, 4) is 0 Å². The van der Waals surface area contributed by atoms with Crippen molar-refractivity contribution in [1.82, 2.24) is 25.7 Å². The second-order valence-corrected chi connectivity index (χ2v) is 8.42. The standard InChI is InChI=1S/C20H28ClF3N6O4/c1-2-14(12-34-15-11-27-28-18(32)17(15)20(22,23)24)33-8-3-16(31)29-4-6-30(7-5-29)19-25-9-13(21)10-26-19/h9-10,14-15,17,27H,2-8,11-12H2,1H3,(H,28,32)/t14-,15?,17?/m1/s1. The third kappa shape index (κ3) is 7.14. The van der Waals surface area contributed by atoms with E-state index in [0.29, 0.717) is 43.6 Å². The molecular formula is C20H28ClF3N6O4. The van der Waals surface area contributed by atoms with Crippen molar-refractivity contribution in [2.75, 3.05) is 50.8 Å². The molecule has 2 aliphatic rings. The first-order valence-corrected chi connectivity index (χ1v) is 11.4. The Morgan fingerprint density at radius 1 is 1.26 bits per heavy atom. The molecule has 0 aliphatic carbocycles. The van der Waals surface area contributed by atoms with Crippen molar-refractivity contribution in [3.05, 3.63) is 17.4 Å². The van der Waals surface area contributed by atoms with Gasteiger partial charge in [0.15, 0.2) is 5.92 Å². The number of anilines is 1. The molecule has 0 bridgehead atoms. The van der Waals surface area contributed by atoms with Gasteiger partial charge in [-0.05, 0) is 6.42 Å². The van der Waals surface area contributed by atoms with Gasteiger partial charge in [0, 0.05) is 32.7 Å². The number of hydrogen-bond acceptors (Lipinski definition) is 8. The maximum Gasteiger partial charge on any atom is 0.403 e. The van der Waals surface area contributed by atoms with Gasteiger partial charge in [-0.15, -0.1) is 0 Å². The molecule has 1 aromatic rings. The van der Waals surface area contributed by atoms with E-state index in [9.17, 15) is 22.8 Å². The Hall–Kier alpha value is -2.22. The molecule has 0 saturated carbocycles. The molecule has 2 saturated heterocycles. The highest BCUT2D eigenvalue weighted by Crippen LogP contribution is 2.31. The van der Waals surface area contributed by atoms with E-state index in [4.69, 9.17) is 21.1 Å². The Balaban J connectivity index is 1.38. The number of aromatic nitrogens is 2. The van der Waals surface area contributed by atoms with Gasteiger partial charge in [-0.1, -0.05) is 18.5 Å². The number of amides is 2. The van der Waals surface area contributed by atoms with Crippen LogP contribution in [0.5, 0.6) is 0 Å². The van der Waals surface area contributed by atoms with Crippen LogP contribution in [0.25, 0.3) is 0 Å². The Morgan fingerprint density at radius 2 is 1.94 bits per heavy atom. The molecule has 3 rings (SSSR count). The van der Waals surface area contributed by atoms with Crippen LogP contribution in [0.3, 0.4) is 0 Å². The minimum absolute atomic E-state index is 0.0715. The number of piperazine rings is 1. The number of carbonyl (C=O) groups is 2. The van der Waals surface area contributed by atoms with Gasteiger partial charge < -0.3 is 19.3 Å². The summed E-state index contributed by atoms with van der Waals surface area (Å²) in [5, 5.41) is 0.453.